The van der Waals surface area contributed by atoms with Gasteiger partial charge in [0.1, 0.15) is 0 Å². The van der Waals surface area contributed by atoms with Gasteiger partial charge in [-0.05, 0) is 29.5 Å². The molecule has 1 aromatic carbocycles. The van der Waals surface area contributed by atoms with Crippen molar-refractivity contribution in [3.8, 4) is 0 Å². The van der Waals surface area contributed by atoms with Crippen LogP contribution in [0.25, 0.3) is 0 Å². The van der Waals surface area contributed by atoms with E-state index < -0.39 is 0 Å². The van der Waals surface area contributed by atoms with Crippen molar-refractivity contribution >= 4 is 29.1 Å². The Balaban J connectivity index is 1.91. The van der Waals surface area contributed by atoms with Gasteiger partial charge in [0.25, 0.3) is 0 Å². The van der Waals surface area contributed by atoms with Gasteiger partial charge in [0, 0.05) is 32.7 Å². The van der Waals surface area contributed by atoms with Crippen LogP contribution in [0.4, 0.5) is 0 Å². The molecule has 0 saturated carbocycles. The van der Waals surface area contributed by atoms with Gasteiger partial charge in [-0.25, -0.2) is 0 Å². The standard InChI is InChI=1S/C17H25Cl2N3O/c1-17(2)11-22(7-6-15(17)20)10-16(23)21(3)9-12-4-5-13(18)14(19)8-12/h4-5,8,15H,6-7,9-11,20H2,1-3H3. The normalized spacial score (nSPS) is 21.2. The summed E-state index contributed by atoms with van der Waals surface area (Å²) in [5, 5.41) is 1.04. The first kappa shape index (κ1) is 18.5. The Labute approximate surface area is 148 Å². The molecule has 1 aliphatic rings. The summed E-state index contributed by atoms with van der Waals surface area (Å²) in [5.41, 5.74) is 7.16. The van der Waals surface area contributed by atoms with Crippen molar-refractivity contribution in [1.82, 2.24) is 9.80 Å². The zero-order valence-electron chi connectivity index (χ0n) is 14.0. The van der Waals surface area contributed by atoms with Gasteiger partial charge in [0.05, 0.1) is 16.6 Å². The second kappa shape index (κ2) is 7.39. The summed E-state index contributed by atoms with van der Waals surface area (Å²) in [5.74, 6) is 0.0994. The predicted molar refractivity (Wildman–Crippen MR) is 95.7 cm³/mol. The molecule has 128 valence electrons. The number of likely N-dealkylation sites (tertiary alicyclic amines) is 1. The number of carbonyl (C=O) groups is 1. The van der Waals surface area contributed by atoms with Crippen LogP contribution in [0.15, 0.2) is 18.2 Å². The Bertz CT molecular complexity index is 577. The van der Waals surface area contributed by atoms with E-state index in [1.807, 2.05) is 13.1 Å². The molecule has 23 heavy (non-hydrogen) atoms. The largest absolute Gasteiger partial charge is 0.340 e. The molecule has 0 aromatic heterocycles. The molecule has 1 amide bonds. The van der Waals surface area contributed by atoms with E-state index in [2.05, 4.69) is 18.7 Å². The smallest absolute Gasteiger partial charge is 0.236 e. The monoisotopic (exact) mass is 357 g/mol. The maximum atomic E-state index is 12.5. The minimum absolute atomic E-state index is 0.0425. The highest BCUT2D eigenvalue weighted by Crippen LogP contribution is 2.27. The number of rotatable bonds is 4. The first-order valence-corrected chi connectivity index (χ1v) is 8.60. The summed E-state index contributed by atoms with van der Waals surface area (Å²) >= 11 is 11.9. The molecule has 1 atom stereocenters. The van der Waals surface area contributed by atoms with E-state index in [1.54, 1.807) is 17.0 Å². The van der Waals surface area contributed by atoms with Crippen molar-refractivity contribution in [3.05, 3.63) is 33.8 Å². The second-order valence-corrected chi connectivity index (χ2v) is 7.91. The molecule has 6 heteroatoms. The van der Waals surface area contributed by atoms with Gasteiger partial charge < -0.3 is 10.6 Å². The molecular formula is C17H25Cl2N3O. The fourth-order valence-corrected chi connectivity index (χ4v) is 3.25. The molecule has 2 N–H and O–H groups in total. The highest BCUT2D eigenvalue weighted by Gasteiger charge is 2.34. The minimum atomic E-state index is 0.0425. The SMILES string of the molecule is CN(Cc1ccc(Cl)c(Cl)c1)C(=O)CN1CCC(N)C(C)(C)C1. The number of piperidine rings is 1. The number of nitrogens with two attached hydrogens (primary N) is 1. The fourth-order valence-electron chi connectivity index (χ4n) is 2.93. The van der Waals surface area contributed by atoms with E-state index in [-0.39, 0.29) is 17.4 Å². The van der Waals surface area contributed by atoms with E-state index in [1.165, 1.54) is 0 Å². The van der Waals surface area contributed by atoms with Crippen LogP contribution in [-0.4, -0.2) is 48.4 Å². The Morgan fingerprint density at radius 2 is 2.09 bits per heavy atom. The molecule has 0 radical (unpaired) electrons. The third kappa shape index (κ3) is 4.83. The summed E-state index contributed by atoms with van der Waals surface area (Å²) in [7, 11) is 1.81. The summed E-state index contributed by atoms with van der Waals surface area (Å²) in [6.45, 7) is 6.99. The lowest BCUT2D eigenvalue weighted by Crippen LogP contribution is -2.54. The Morgan fingerprint density at radius 1 is 1.39 bits per heavy atom. The van der Waals surface area contributed by atoms with Crippen molar-refractivity contribution in [3.63, 3.8) is 0 Å². The summed E-state index contributed by atoms with van der Waals surface area (Å²) in [4.78, 5) is 16.4. The first-order chi connectivity index (χ1) is 10.7. The average Bonchev–Trinajstić information content (AvgIpc) is 2.46. The van der Waals surface area contributed by atoms with Gasteiger partial charge in [-0.15, -0.1) is 0 Å². The van der Waals surface area contributed by atoms with E-state index in [0.29, 0.717) is 23.1 Å². The highest BCUT2D eigenvalue weighted by atomic mass is 35.5. The molecule has 1 saturated heterocycles. The molecule has 1 aliphatic heterocycles. The van der Waals surface area contributed by atoms with Crippen LogP contribution in [0.2, 0.25) is 10.0 Å². The predicted octanol–water partition coefficient (Wildman–Crippen LogP) is 3.01. The third-order valence-electron chi connectivity index (χ3n) is 4.58. The van der Waals surface area contributed by atoms with Gasteiger partial charge >= 0.3 is 0 Å². The molecule has 1 heterocycles. The molecule has 1 unspecified atom stereocenters. The van der Waals surface area contributed by atoms with Crippen molar-refractivity contribution in [2.24, 2.45) is 11.1 Å². The van der Waals surface area contributed by atoms with Crippen molar-refractivity contribution in [2.75, 3.05) is 26.7 Å². The van der Waals surface area contributed by atoms with Crippen LogP contribution in [0.5, 0.6) is 0 Å². The van der Waals surface area contributed by atoms with Crippen LogP contribution in [-0.2, 0) is 11.3 Å². The van der Waals surface area contributed by atoms with E-state index in [0.717, 1.165) is 25.1 Å². The lowest BCUT2D eigenvalue weighted by Gasteiger charge is -2.42. The van der Waals surface area contributed by atoms with Gasteiger partial charge in [-0.2, -0.15) is 0 Å². The van der Waals surface area contributed by atoms with Gasteiger partial charge in [0.15, 0.2) is 0 Å². The summed E-state index contributed by atoms with van der Waals surface area (Å²) < 4.78 is 0. The van der Waals surface area contributed by atoms with Crippen LogP contribution in [0.1, 0.15) is 25.8 Å². The lowest BCUT2D eigenvalue weighted by molar-refractivity contribution is -0.132. The number of amides is 1. The molecule has 4 nitrogen and oxygen atoms in total. The van der Waals surface area contributed by atoms with E-state index >= 15 is 0 Å². The number of benzene rings is 1. The maximum absolute atomic E-state index is 12.5. The maximum Gasteiger partial charge on any atom is 0.236 e. The van der Waals surface area contributed by atoms with Crippen molar-refractivity contribution in [1.29, 1.82) is 0 Å². The van der Waals surface area contributed by atoms with Crippen LogP contribution < -0.4 is 5.73 Å². The average molecular weight is 358 g/mol. The molecule has 1 fully saturated rings. The molecular weight excluding hydrogens is 333 g/mol. The van der Waals surface area contributed by atoms with Crippen LogP contribution in [0, 0.1) is 5.41 Å². The number of hydrogen-bond donors (Lipinski definition) is 1. The number of nitrogens with zero attached hydrogens (tertiary/aromatic N) is 2. The van der Waals surface area contributed by atoms with E-state index in [9.17, 15) is 4.79 Å². The van der Waals surface area contributed by atoms with Gasteiger partial charge in [0.2, 0.25) is 5.91 Å². The summed E-state index contributed by atoms with van der Waals surface area (Å²) in [6, 6.07) is 5.65. The first-order valence-electron chi connectivity index (χ1n) is 7.85. The topological polar surface area (TPSA) is 49.6 Å². The Hall–Kier alpha value is -0.810. The third-order valence-corrected chi connectivity index (χ3v) is 5.32. The number of carbonyl (C=O) groups excluding carboxylic acids is 1. The molecule has 0 aliphatic carbocycles. The van der Waals surface area contributed by atoms with Gasteiger partial charge in [-0.1, -0.05) is 43.1 Å². The highest BCUT2D eigenvalue weighted by molar-refractivity contribution is 6.42. The van der Waals surface area contributed by atoms with Crippen LogP contribution in [0.3, 0.4) is 0 Å². The number of likely N-dealkylation sites (N-methyl/N-ethyl adjacent to an activating group) is 1. The van der Waals surface area contributed by atoms with Crippen molar-refractivity contribution < 1.29 is 4.79 Å². The Kier molecular flexibility index (Phi) is 5.95. The number of hydrogen-bond acceptors (Lipinski definition) is 3. The quantitative estimate of drug-likeness (QED) is 0.900. The molecule has 1 aromatic rings. The summed E-state index contributed by atoms with van der Waals surface area (Å²) in [6.07, 6.45) is 0.927. The zero-order chi connectivity index (χ0) is 17.2. The van der Waals surface area contributed by atoms with Crippen LogP contribution >= 0.6 is 23.2 Å². The molecule has 0 bridgehead atoms. The Morgan fingerprint density at radius 3 is 2.70 bits per heavy atom. The minimum Gasteiger partial charge on any atom is -0.340 e. The molecule has 2 rings (SSSR count). The van der Waals surface area contributed by atoms with Crippen molar-refractivity contribution in [2.45, 2.75) is 32.9 Å². The fraction of sp³-hybridized carbons (Fsp3) is 0.588. The van der Waals surface area contributed by atoms with E-state index in [4.69, 9.17) is 28.9 Å². The number of halogens is 2. The van der Waals surface area contributed by atoms with Gasteiger partial charge in [-0.3, -0.25) is 9.69 Å². The lowest BCUT2D eigenvalue weighted by atomic mass is 9.80. The second-order valence-electron chi connectivity index (χ2n) is 7.09. The zero-order valence-corrected chi connectivity index (χ0v) is 15.5. The molecule has 0 spiro atoms.